The molecule has 1 rings (SSSR count). The van der Waals surface area contributed by atoms with Gasteiger partial charge in [-0.15, -0.1) is 0 Å². The van der Waals surface area contributed by atoms with Crippen LogP contribution in [-0.2, 0) is 0 Å². The molecule has 0 saturated heterocycles. The molecule has 0 radical (unpaired) electrons. The Labute approximate surface area is 87.0 Å². The van der Waals surface area contributed by atoms with Crippen molar-refractivity contribution in [3.05, 3.63) is 28.5 Å². The number of alkyl halides is 2. The van der Waals surface area contributed by atoms with E-state index in [-0.39, 0.29) is 0 Å². The summed E-state index contributed by atoms with van der Waals surface area (Å²) >= 11 is 5.36. The lowest BCUT2D eigenvalue weighted by atomic mass is 10.2. The third-order valence-corrected chi connectivity index (χ3v) is 1.73. The van der Waals surface area contributed by atoms with Crippen LogP contribution in [0.2, 0.25) is 5.02 Å². The van der Waals surface area contributed by atoms with Gasteiger partial charge in [-0.1, -0.05) is 11.6 Å². The van der Waals surface area contributed by atoms with Crippen LogP contribution >= 0.6 is 11.6 Å². The molecule has 15 heavy (non-hydrogen) atoms. The molecule has 1 N–H and O–H groups in total. The van der Waals surface area contributed by atoms with Crippen molar-refractivity contribution in [2.45, 2.75) is 6.61 Å². The van der Waals surface area contributed by atoms with Gasteiger partial charge in [-0.2, -0.15) is 8.78 Å². The molecule has 7 heteroatoms. The van der Waals surface area contributed by atoms with Crippen molar-refractivity contribution in [1.82, 2.24) is 0 Å². The molecule has 0 heterocycles. The first-order chi connectivity index (χ1) is 6.91. The minimum atomic E-state index is -3.23. The Kier molecular flexibility index (Phi) is 3.41. The summed E-state index contributed by atoms with van der Waals surface area (Å²) in [5.41, 5.74) is -0.445. The molecule has 0 saturated carbocycles. The molecular weight excluding hydrogens is 237 g/mol. The quantitative estimate of drug-likeness (QED) is 0.884. The average Bonchev–Trinajstić information content (AvgIpc) is 2.10. The number of carbonyl (C=O) groups is 1. The lowest BCUT2D eigenvalue weighted by Crippen LogP contribution is -2.06. The van der Waals surface area contributed by atoms with Crippen LogP contribution in [0.15, 0.2) is 12.1 Å². The minimum Gasteiger partial charge on any atom is -0.478 e. The number of hydrogen-bond acceptors (Lipinski definition) is 2. The monoisotopic (exact) mass is 240 g/mol. The zero-order chi connectivity index (χ0) is 11.6. The van der Waals surface area contributed by atoms with Gasteiger partial charge in [0.2, 0.25) is 0 Å². The summed E-state index contributed by atoms with van der Waals surface area (Å²) in [5, 5.41) is 7.97. The Hall–Kier alpha value is -1.43. The van der Waals surface area contributed by atoms with E-state index in [9.17, 15) is 18.0 Å². The van der Waals surface area contributed by atoms with E-state index >= 15 is 0 Å². The highest BCUT2D eigenvalue weighted by atomic mass is 35.5. The van der Waals surface area contributed by atoms with Gasteiger partial charge in [0.05, 0.1) is 10.6 Å². The normalized spacial score (nSPS) is 10.5. The predicted octanol–water partition coefficient (Wildman–Crippen LogP) is 2.78. The standard InChI is InChI=1S/C8H4ClF3O3/c9-4-1-3(7(13)14)2-5(10)6(4)15-8(11)12/h1-2,8H,(H,13,14). The van der Waals surface area contributed by atoms with Crippen molar-refractivity contribution >= 4 is 17.6 Å². The van der Waals surface area contributed by atoms with E-state index in [1.165, 1.54) is 0 Å². The van der Waals surface area contributed by atoms with Crippen molar-refractivity contribution in [3.8, 4) is 5.75 Å². The third-order valence-electron chi connectivity index (χ3n) is 1.45. The van der Waals surface area contributed by atoms with Gasteiger partial charge in [0.15, 0.2) is 11.6 Å². The van der Waals surface area contributed by atoms with Crippen molar-refractivity contribution in [1.29, 1.82) is 0 Å². The molecule has 3 nitrogen and oxygen atoms in total. The first-order valence-electron chi connectivity index (χ1n) is 3.59. The van der Waals surface area contributed by atoms with Crippen LogP contribution < -0.4 is 4.74 Å². The van der Waals surface area contributed by atoms with Crippen molar-refractivity contribution in [2.75, 3.05) is 0 Å². The minimum absolute atomic E-state index is 0.445. The highest BCUT2D eigenvalue weighted by molar-refractivity contribution is 6.32. The van der Waals surface area contributed by atoms with E-state index in [0.29, 0.717) is 6.07 Å². The summed E-state index contributed by atoms with van der Waals surface area (Å²) in [6.07, 6.45) is 0. The molecule has 0 spiro atoms. The SMILES string of the molecule is O=C(O)c1cc(F)c(OC(F)F)c(Cl)c1. The highest BCUT2D eigenvalue weighted by Gasteiger charge is 2.17. The molecule has 1 aromatic rings. The van der Waals surface area contributed by atoms with E-state index in [2.05, 4.69) is 4.74 Å². The largest absolute Gasteiger partial charge is 0.478 e. The Morgan fingerprint density at radius 2 is 2.07 bits per heavy atom. The molecule has 0 fully saturated rings. The van der Waals surface area contributed by atoms with Gasteiger partial charge >= 0.3 is 12.6 Å². The summed E-state index contributed by atoms with van der Waals surface area (Å²) in [7, 11) is 0. The zero-order valence-electron chi connectivity index (χ0n) is 7.01. The van der Waals surface area contributed by atoms with Crippen LogP contribution in [0.25, 0.3) is 0 Å². The van der Waals surface area contributed by atoms with E-state index in [0.717, 1.165) is 6.07 Å². The second kappa shape index (κ2) is 4.39. The van der Waals surface area contributed by atoms with Gasteiger partial charge in [0.25, 0.3) is 0 Å². The van der Waals surface area contributed by atoms with Gasteiger partial charge in [-0.25, -0.2) is 9.18 Å². The molecule has 0 aliphatic heterocycles. The molecule has 0 atom stereocenters. The van der Waals surface area contributed by atoms with Crippen LogP contribution in [0.4, 0.5) is 13.2 Å². The number of rotatable bonds is 3. The number of carboxylic acids is 1. The first kappa shape index (κ1) is 11.6. The number of aromatic carboxylic acids is 1. The summed E-state index contributed by atoms with van der Waals surface area (Å²) in [4.78, 5) is 10.4. The van der Waals surface area contributed by atoms with Crippen molar-refractivity contribution in [3.63, 3.8) is 0 Å². The second-order valence-corrected chi connectivity index (χ2v) is 2.86. The summed E-state index contributed by atoms with van der Waals surface area (Å²) in [6.45, 7) is -3.23. The molecule has 0 aliphatic rings. The van der Waals surface area contributed by atoms with Crippen LogP contribution in [0.5, 0.6) is 5.75 Å². The fraction of sp³-hybridized carbons (Fsp3) is 0.125. The fourth-order valence-corrected chi connectivity index (χ4v) is 1.14. The molecule has 0 amide bonds. The Morgan fingerprint density at radius 3 is 2.47 bits per heavy atom. The van der Waals surface area contributed by atoms with Crippen LogP contribution in [-0.4, -0.2) is 17.7 Å². The maximum atomic E-state index is 13.0. The molecule has 0 unspecified atom stereocenters. The lowest BCUT2D eigenvalue weighted by Gasteiger charge is -2.08. The van der Waals surface area contributed by atoms with E-state index in [1.807, 2.05) is 0 Å². The van der Waals surface area contributed by atoms with E-state index < -0.39 is 34.7 Å². The molecular formula is C8H4ClF3O3. The maximum absolute atomic E-state index is 13.0. The highest BCUT2D eigenvalue weighted by Crippen LogP contribution is 2.30. The number of carboxylic acid groups (broad SMARTS) is 1. The van der Waals surface area contributed by atoms with Crippen molar-refractivity contribution < 1.29 is 27.8 Å². The van der Waals surface area contributed by atoms with Gasteiger partial charge in [0, 0.05) is 0 Å². The molecule has 0 aliphatic carbocycles. The van der Waals surface area contributed by atoms with E-state index in [1.54, 1.807) is 0 Å². The summed E-state index contributed by atoms with van der Waals surface area (Å²) < 4.78 is 40.4. The fourth-order valence-electron chi connectivity index (χ4n) is 0.885. The maximum Gasteiger partial charge on any atom is 0.387 e. The van der Waals surface area contributed by atoms with Crippen LogP contribution in [0, 0.1) is 5.82 Å². The Morgan fingerprint density at radius 1 is 1.47 bits per heavy atom. The Bertz CT molecular complexity index is 372. The first-order valence-corrected chi connectivity index (χ1v) is 3.96. The molecule has 0 aromatic heterocycles. The second-order valence-electron chi connectivity index (χ2n) is 2.45. The van der Waals surface area contributed by atoms with Gasteiger partial charge in [-0.05, 0) is 12.1 Å². The van der Waals surface area contributed by atoms with E-state index in [4.69, 9.17) is 16.7 Å². The van der Waals surface area contributed by atoms with Gasteiger partial charge in [0.1, 0.15) is 0 Å². The van der Waals surface area contributed by atoms with Crippen LogP contribution in [0.3, 0.4) is 0 Å². The number of benzene rings is 1. The molecule has 0 bridgehead atoms. The summed E-state index contributed by atoms with van der Waals surface area (Å²) in [6, 6.07) is 1.37. The lowest BCUT2D eigenvalue weighted by molar-refractivity contribution is -0.0521. The number of ether oxygens (including phenoxy) is 1. The van der Waals surface area contributed by atoms with Crippen LogP contribution in [0.1, 0.15) is 10.4 Å². The average molecular weight is 241 g/mol. The summed E-state index contributed by atoms with van der Waals surface area (Å²) in [5.74, 6) is -3.53. The topological polar surface area (TPSA) is 46.5 Å². The van der Waals surface area contributed by atoms with Gasteiger partial charge in [-0.3, -0.25) is 0 Å². The zero-order valence-corrected chi connectivity index (χ0v) is 7.76. The van der Waals surface area contributed by atoms with Gasteiger partial charge < -0.3 is 9.84 Å². The molecule has 1 aromatic carbocycles. The smallest absolute Gasteiger partial charge is 0.387 e. The number of hydrogen-bond donors (Lipinski definition) is 1. The molecule has 82 valence electrons. The number of halogens is 4. The van der Waals surface area contributed by atoms with Crippen molar-refractivity contribution in [2.24, 2.45) is 0 Å². The Balaban J connectivity index is 3.15. The predicted molar refractivity (Wildman–Crippen MR) is 45.0 cm³/mol. The third kappa shape index (κ3) is 2.76.